The zero-order chi connectivity index (χ0) is 22.2. The van der Waals surface area contributed by atoms with Crippen LogP contribution < -0.4 is 5.73 Å². The lowest BCUT2D eigenvalue weighted by Crippen LogP contribution is -2.55. The minimum absolute atomic E-state index is 0.0135. The highest BCUT2D eigenvalue weighted by atomic mass is 35.5. The van der Waals surface area contributed by atoms with Crippen LogP contribution in [0.4, 0.5) is 4.39 Å². The Kier molecular flexibility index (Phi) is 6.24. The van der Waals surface area contributed by atoms with Gasteiger partial charge in [-0.05, 0) is 55.0 Å². The third-order valence-corrected chi connectivity index (χ3v) is 6.70. The summed E-state index contributed by atoms with van der Waals surface area (Å²) in [6, 6.07) is 10.3. The quantitative estimate of drug-likeness (QED) is 0.716. The number of rotatable bonds is 4. The fourth-order valence-electron chi connectivity index (χ4n) is 4.34. The van der Waals surface area contributed by atoms with Gasteiger partial charge in [-0.3, -0.25) is 9.69 Å². The number of hydrogen-bond donors (Lipinski definition) is 1. The first-order valence-electron chi connectivity index (χ1n) is 10.3. The molecule has 8 heteroatoms. The second-order valence-electron chi connectivity index (χ2n) is 8.23. The fraction of sp³-hybridized carbons (Fsp3) is 0.391. The Bertz CT molecular complexity index is 1040. The first kappa shape index (κ1) is 22.1. The molecule has 2 aliphatic heterocycles. The van der Waals surface area contributed by atoms with Gasteiger partial charge in [0.25, 0.3) is 0 Å². The molecule has 0 unspecified atom stereocenters. The summed E-state index contributed by atoms with van der Waals surface area (Å²) in [4.78, 5) is 19.4. The number of halogens is 3. The van der Waals surface area contributed by atoms with E-state index in [-0.39, 0.29) is 29.4 Å². The molecule has 1 fully saturated rings. The number of aliphatic imine (C=N–C) groups is 1. The molecule has 0 bridgehead atoms. The molecule has 164 valence electrons. The summed E-state index contributed by atoms with van der Waals surface area (Å²) in [5.41, 5.74) is 7.83. The van der Waals surface area contributed by atoms with E-state index in [0.717, 1.165) is 29.5 Å². The molecule has 2 N–H and O–H groups in total. The lowest BCUT2D eigenvalue weighted by Gasteiger charge is -2.40. The van der Waals surface area contributed by atoms with E-state index in [4.69, 9.17) is 38.7 Å². The molecule has 5 nitrogen and oxygen atoms in total. The molecule has 2 aromatic carbocycles. The van der Waals surface area contributed by atoms with E-state index >= 15 is 0 Å². The molecule has 1 atom stereocenters. The van der Waals surface area contributed by atoms with Crippen molar-refractivity contribution in [2.75, 3.05) is 13.2 Å². The summed E-state index contributed by atoms with van der Waals surface area (Å²) in [5, 5.41) is 0.592. The van der Waals surface area contributed by atoms with Crippen molar-refractivity contribution in [3.63, 3.8) is 0 Å². The number of carbonyl (C=O) groups excluding carboxylic acids is 1. The zero-order valence-electron chi connectivity index (χ0n) is 17.2. The molecule has 0 aromatic heterocycles. The van der Waals surface area contributed by atoms with Crippen LogP contribution in [0, 0.1) is 5.82 Å². The predicted molar refractivity (Wildman–Crippen MR) is 120 cm³/mol. The lowest BCUT2D eigenvalue weighted by atomic mass is 9.85. The molecule has 31 heavy (non-hydrogen) atoms. The molecule has 2 aliphatic rings. The molecule has 4 rings (SSSR count). The van der Waals surface area contributed by atoms with Crippen LogP contribution in [-0.4, -0.2) is 36.0 Å². The highest BCUT2D eigenvalue weighted by molar-refractivity contribution is 6.32. The Morgan fingerprint density at radius 3 is 2.68 bits per heavy atom. The van der Waals surface area contributed by atoms with E-state index in [1.54, 1.807) is 17.0 Å². The summed E-state index contributed by atoms with van der Waals surface area (Å²) < 4.78 is 18.9. The SMILES string of the molecule is C[C@@]1(c2cccc(Cc3ccc(F)c(Cl)c3)c2Cl)CC(=O)N(C2CCOCC2)C(N)=N1. The first-order valence-corrected chi connectivity index (χ1v) is 11.0. The van der Waals surface area contributed by atoms with Gasteiger partial charge in [0.05, 0.1) is 17.0 Å². The molecule has 0 radical (unpaired) electrons. The smallest absolute Gasteiger partial charge is 0.232 e. The van der Waals surface area contributed by atoms with Crippen LogP contribution in [-0.2, 0) is 21.5 Å². The van der Waals surface area contributed by atoms with Gasteiger partial charge in [0.1, 0.15) is 5.82 Å². The summed E-state index contributed by atoms with van der Waals surface area (Å²) in [6.45, 7) is 3.10. The maximum absolute atomic E-state index is 13.5. The number of amides is 1. The molecular weight excluding hydrogens is 440 g/mol. The summed E-state index contributed by atoms with van der Waals surface area (Å²) in [6.07, 6.45) is 2.14. The van der Waals surface area contributed by atoms with E-state index < -0.39 is 11.4 Å². The van der Waals surface area contributed by atoms with Crippen LogP contribution in [0.1, 0.15) is 42.9 Å². The molecule has 1 amide bonds. The number of nitrogens with zero attached hydrogens (tertiary/aromatic N) is 2. The van der Waals surface area contributed by atoms with Gasteiger partial charge in [0.2, 0.25) is 5.91 Å². The van der Waals surface area contributed by atoms with Gasteiger partial charge in [-0.25, -0.2) is 9.38 Å². The van der Waals surface area contributed by atoms with Crippen molar-refractivity contribution in [3.8, 4) is 0 Å². The second kappa shape index (κ2) is 8.77. The first-order chi connectivity index (χ1) is 14.8. The molecule has 0 spiro atoms. The number of guanidine groups is 1. The number of benzene rings is 2. The Hall–Kier alpha value is -2.15. The van der Waals surface area contributed by atoms with Crippen molar-refractivity contribution in [2.24, 2.45) is 10.7 Å². The number of hydrogen-bond acceptors (Lipinski definition) is 4. The maximum Gasteiger partial charge on any atom is 0.232 e. The summed E-state index contributed by atoms with van der Waals surface area (Å²) in [7, 11) is 0. The van der Waals surface area contributed by atoms with Gasteiger partial charge >= 0.3 is 0 Å². The fourth-order valence-corrected chi connectivity index (χ4v) is 4.94. The standard InChI is InChI=1S/C23H24Cl2FN3O2/c1-23(13-20(30)29(22(27)28-23)16-7-9-31-10-8-16)17-4-2-3-15(21(17)25)11-14-5-6-19(26)18(24)12-14/h2-6,12,16H,7-11,13H2,1H3,(H2,27,28)/t23-/m0/s1. The van der Waals surface area contributed by atoms with E-state index in [2.05, 4.69) is 0 Å². The molecule has 1 saturated heterocycles. The number of carbonyl (C=O) groups is 1. The minimum atomic E-state index is -0.865. The predicted octanol–water partition coefficient (Wildman–Crippen LogP) is 4.66. The Balaban J connectivity index is 1.64. The Labute approximate surface area is 191 Å². The van der Waals surface area contributed by atoms with Crippen molar-refractivity contribution in [3.05, 3.63) is 69.0 Å². The van der Waals surface area contributed by atoms with Crippen molar-refractivity contribution >= 4 is 35.1 Å². The summed E-state index contributed by atoms with van der Waals surface area (Å²) >= 11 is 12.7. The Morgan fingerprint density at radius 2 is 2.00 bits per heavy atom. The number of ether oxygens (including phenoxy) is 1. The molecule has 2 aromatic rings. The average Bonchev–Trinajstić information content (AvgIpc) is 2.72. The van der Waals surface area contributed by atoms with Crippen molar-refractivity contribution in [1.29, 1.82) is 0 Å². The van der Waals surface area contributed by atoms with Gasteiger partial charge < -0.3 is 10.5 Å². The van der Waals surface area contributed by atoms with Crippen LogP contribution in [0.5, 0.6) is 0 Å². The van der Waals surface area contributed by atoms with Crippen LogP contribution in [0.25, 0.3) is 0 Å². The largest absolute Gasteiger partial charge is 0.381 e. The normalized spacial score (nSPS) is 22.5. The Morgan fingerprint density at radius 1 is 1.26 bits per heavy atom. The third-order valence-electron chi connectivity index (χ3n) is 5.97. The van der Waals surface area contributed by atoms with Gasteiger partial charge in [-0.15, -0.1) is 0 Å². The van der Waals surface area contributed by atoms with Gasteiger partial charge in [0, 0.05) is 24.3 Å². The van der Waals surface area contributed by atoms with Crippen LogP contribution in [0.15, 0.2) is 41.4 Å². The monoisotopic (exact) mass is 463 g/mol. The van der Waals surface area contributed by atoms with Crippen LogP contribution in [0.2, 0.25) is 10.0 Å². The van der Waals surface area contributed by atoms with Crippen molar-refractivity contribution < 1.29 is 13.9 Å². The van der Waals surface area contributed by atoms with Gasteiger partial charge in [-0.1, -0.05) is 47.5 Å². The van der Waals surface area contributed by atoms with Crippen LogP contribution in [0.3, 0.4) is 0 Å². The van der Waals surface area contributed by atoms with Crippen molar-refractivity contribution in [2.45, 2.75) is 44.2 Å². The maximum atomic E-state index is 13.5. The van der Waals surface area contributed by atoms with Crippen LogP contribution >= 0.6 is 23.2 Å². The third kappa shape index (κ3) is 4.43. The molecule has 0 saturated carbocycles. The zero-order valence-corrected chi connectivity index (χ0v) is 18.7. The molecule has 0 aliphatic carbocycles. The van der Waals surface area contributed by atoms with E-state index in [9.17, 15) is 9.18 Å². The highest BCUT2D eigenvalue weighted by Crippen LogP contribution is 2.40. The van der Waals surface area contributed by atoms with E-state index in [1.165, 1.54) is 6.07 Å². The minimum Gasteiger partial charge on any atom is -0.381 e. The summed E-state index contributed by atoms with van der Waals surface area (Å²) in [5.74, 6) is -0.302. The van der Waals surface area contributed by atoms with E-state index in [1.807, 2.05) is 25.1 Å². The van der Waals surface area contributed by atoms with Gasteiger partial charge in [-0.2, -0.15) is 0 Å². The lowest BCUT2D eigenvalue weighted by molar-refractivity contribution is -0.132. The van der Waals surface area contributed by atoms with E-state index in [0.29, 0.717) is 24.7 Å². The average molecular weight is 464 g/mol. The topological polar surface area (TPSA) is 67.9 Å². The molecule has 2 heterocycles. The van der Waals surface area contributed by atoms with Gasteiger partial charge in [0.15, 0.2) is 5.96 Å². The second-order valence-corrected chi connectivity index (χ2v) is 9.02. The molecular formula is C23H24Cl2FN3O2. The highest BCUT2D eigenvalue weighted by Gasteiger charge is 2.41. The number of nitrogens with two attached hydrogens (primary N) is 1. The van der Waals surface area contributed by atoms with Crippen molar-refractivity contribution in [1.82, 2.24) is 4.90 Å².